The van der Waals surface area contributed by atoms with E-state index in [1.807, 2.05) is 59.9 Å². The van der Waals surface area contributed by atoms with Gasteiger partial charge in [0.1, 0.15) is 11.2 Å². The fourth-order valence-corrected chi connectivity index (χ4v) is 6.19. The molecular weight excluding hydrogens is 584 g/mol. The Balaban J connectivity index is 0.000000245. The Hall–Kier alpha value is -2.86. The second kappa shape index (κ2) is 15.4. The summed E-state index contributed by atoms with van der Waals surface area (Å²) in [5.41, 5.74) is 0.212. The number of hydrogen-bond donors (Lipinski definition) is 2. The van der Waals surface area contributed by atoms with Gasteiger partial charge in [0.2, 0.25) is 0 Å². The summed E-state index contributed by atoms with van der Waals surface area (Å²) in [5, 5.41) is 11.6. The van der Waals surface area contributed by atoms with E-state index in [1.165, 1.54) is 17.3 Å². The number of carbonyl (C=O) groups excluding carboxylic acids is 2. The van der Waals surface area contributed by atoms with Crippen LogP contribution in [0.5, 0.6) is 0 Å². The van der Waals surface area contributed by atoms with Crippen molar-refractivity contribution in [2.24, 2.45) is 11.8 Å². The number of nitrogens with one attached hydrogen (secondary N) is 2. The van der Waals surface area contributed by atoms with E-state index in [-0.39, 0.29) is 30.7 Å². The zero-order valence-electron chi connectivity index (χ0n) is 27.4. The molecule has 2 aliphatic carbocycles. The molecule has 2 saturated carbocycles. The van der Waals surface area contributed by atoms with Crippen molar-refractivity contribution in [1.82, 2.24) is 20.4 Å². The van der Waals surface area contributed by atoms with Crippen LogP contribution in [0.2, 0.25) is 0 Å². The highest BCUT2D eigenvalue weighted by Crippen LogP contribution is 2.28. The lowest BCUT2D eigenvalue weighted by Crippen LogP contribution is -2.42. The SMILES string of the molecule is CC(C)(C)OC(=O)NC1CCCC(COS(C)(=O)=O)C1.CC(C)(C)OC(=O)NC1CCCC(Cn2ncc3ccccc32)C1. The number of nitrogens with zero attached hydrogens (tertiary/aromatic N) is 2. The van der Waals surface area contributed by atoms with Gasteiger partial charge in [-0.2, -0.15) is 13.5 Å². The van der Waals surface area contributed by atoms with Crippen molar-refractivity contribution < 1.29 is 31.7 Å². The summed E-state index contributed by atoms with van der Waals surface area (Å²) in [6, 6.07) is 8.50. The number of ether oxygens (including phenoxy) is 2. The fourth-order valence-electron chi connectivity index (χ4n) is 5.75. The monoisotopic (exact) mass is 636 g/mol. The van der Waals surface area contributed by atoms with Crippen LogP contribution in [0.1, 0.15) is 92.9 Å². The van der Waals surface area contributed by atoms with E-state index in [0.29, 0.717) is 5.92 Å². The number of fused-ring (bicyclic) bond motifs is 1. The van der Waals surface area contributed by atoms with Crippen molar-refractivity contribution in [2.45, 2.75) is 123 Å². The Morgan fingerprint density at radius 3 is 1.93 bits per heavy atom. The molecule has 1 heterocycles. The third-order valence-corrected chi connectivity index (χ3v) is 8.07. The lowest BCUT2D eigenvalue weighted by Gasteiger charge is -2.30. The highest BCUT2D eigenvalue weighted by molar-refractivity contribution is 7.85. The summed E-state index contributed by atoms with van der Waals surface area (Å²) in [7, 11) is -3.40. The van der Waals surface area contributed by atoms with Crippen LogP contribution in [-0.2, 0) is 30.3 Å². The third kappa shape index (κ3) is 13.4. The molecule has 11 nitrogen and oxygen atoms in total. The topological polar surface area (TPSA) is 138 Å². The van der Waals surface area contributed by atoms with Crippen LogP contribution < -0.4 is 10.6 Å². The lowest BCUT2D eigenvalue weighted by molar-refractivity contribution is 0.0468. The van der Waals surface area contributed by atoms with Crippen LogP contribution in [0.3, 0.4) is 0 Å². The van der Waals surface area contributed by atoms with Gasteiger partial charge in [0, 0.05) is 24.0 Å². The van der Waals surface area contributed by atoms with E-state index in [9.17, 15) is 18.0 Å². The molecule has 2 aliphatic rings. The number of hydrogen-bond acceptors (Lipinski definition) is 8. The van der Waals surface area contributed by atoms with Crippen molar-refractivity contribution in [3.63, 3.8) is 0 Å². The Bertz CT molecular complexity index is 1330. The average molecular weight is 637 g/mol. The molecule has 0 aliphatic heterocycles. The second-order valence-corrected chi connectivity index (χ2v) is 15.8. The molecule has 248 valence electrons. The molecule has 0 bridgehead atoms. The maximum Gasteiger partial charge on any atom is 0.407 e. The second-order valence-electron chi connectivity index (χ2n) is 14.1. The first-order chi connectivity index (χ1) is 20.5. The van der Waals surface area contributed by atoms with E-state index in [1.54, 1.807) is 0 Å². The number of alkyl carbamates (subject to hydrolysis) is 2. The standard InChI is InChI=1S/C19H27N3O2.C13H25NO5S/c1-19(2,3)24-18(23)21-16-9-6-7-14(11-16)13-22-17-10-5-4-8-15(17)12-20-22;1-13(2,3)19-12(15)14-11-7-5-6-10(8-11)9-18-20(4,16)17/h4-5,8,10,12,14,16H,6-7,9,11,13H2,1-3H3,(H,21,23);10-11H,5-9H2,1-4H3,(H,14,15). The van der Waals surface area contributed by atoms with Crippen LogP contribution in [0.15, 0.2) is 30.5 Å². The van der Waals surface area contributed by atoms with E-state index in [0.717, 1.165) is 57.7 Å². The number of aromatic nitrogens is 2. The summed E-state index contributed by atoms with van der Waals surface area (Å²) in [6.45, 7) is 12.2. The Kier molecular flexibility index (Phi) is 12.5. The normalized spacial score (nSPS) is 22.8. The molecule has 4 atom stereocenters. The number of para-hydroxylation sites is 1. The van der Waals surface area contributed by atoms with Gasteiger partial charge in [-0.15, -0.1) is 0 Å². The van der Waals surface area contributed by atoms with Crippen LogP contribution in [0.4, 0.5) is 9.59 Å². The van der Waals surface area contributed by atoms with E-state index < -0.39 is 27.4 Å². The van der Waals surface area contributed by atoms with Gasteiger partial charge in [0.15, 0.2) is 0 Å². The molecule has 4 unspecified atom stereocenters. The van der Waals surface area contributed by atoms with Crippen LogP contribution in [0.25, 0.3) is 10.9 Å². The Labute approximate surface area is 262 Å². The molecule has 12 heteroatoms. The largest absolute Gasteiger partial charge is 0.444 e. The number of carbonyl (C=O) groups is 2. The van der Waals surface area contributed by atoms with Crippen LogP contribution >= 0.6 is 0 Å². The molecule has 4 rings (SSSR count). The van der Waals surface area contributed by atoms with Crippen molar-refractivity contribution in [3.8, 4) is 0 Å². The molecule has 0 spiro atoms. The first-order valence-electron chi connectivity index (χ1n) is 15.7. The average Bonchev–Trinajstić information content (AvgIpc) is 3.28. The maximum absolute atomic E-state index is 12.0. The predicted octanol–water partition coefficient (Wildman–Crippen LogP) is 6.17. The van der Waals surface area contributed by atoms with Gasteiger partial charge in [-0.05, 0) is 98.0 Å². The third-order valence-electron chi connectivity index (χ3n) is 7.51. The number of amides is 2. The van der Waals surface area contributed by atoms with Crippen molar-refractivity contribution >= 4 is 33.2 Å². The van der Waals surface area contributed by atoms with Crippen LogP contribution in [0, 0.1) is 11.8 Å². The van der Waals surface area contributed by atoms with Crippen LogP contribution in [-0.4, -0.2) is 66.5 Å². The highest BCUT2D eigenvalue weighted by atomic mass is 32.2. The van der Waals surface area contributed by atoms with Gasteiger partial charge >= 0.3 is 12.2 Å². The molecule has 0 saturated heterocycles. The lowest BCUT2D eigenvalue weighted by atomic mass is 9.85. The molecule has 0 radical (unpaired) electrons. The first-order valence-corrected chi connectivity index (χ1v) is 17.5. The minimum absolute atomic E-state index is 0.0201. The highest BCUT2D eigenvalue weighted by Gasteiger charge is 2.27. The minimum Gasteiger partial charge on any atom is -0.444 e. The van der Waals surface area contributed by atoms with Gasteiger partial charge in [-0.1, -0.05) is 31.0 Å². The summed E-state index contributed by atoms with van der Waals surface area (Å²) in [4.78, 5) is 23.7. The molecule has 44 heavy (non-hydrogen) atoms. The smallest absolute Gasteiger partial charge is 0.407 e. The first kappa shape index (κ1) is 35.6. The summed E-state index contributed by atoms with van der Waals surface area (Å²) >= 11 is 0. The van der Waals surface area contributed by atoms with Crippen molar-refractivity contribution in [1.29, 1.82) is 0 Å². The zero-order chi connectivity index (χ0) is 32.5. The zero-order valence-corrected chi connectivity index (χ0v) is 28.2. The van der Waals surface area contributed by atoms with E-state index >= 15 is 0 Å². The Morgan fingerprint density at radius 2 is 1.39 bits per heavy atom. The molecule has 2 N–H and O–H groups in total. The fraction of sp³-hybridized carbons (Fsp3) is 0.719. The molecule has 2 aromatic rings. The molecular formula is C32H52N4O7S. The quantitative estimate of drug-likeness (QED) is 0.345. The van der Waals surface area contributed by atoms with Gasteiger partial charge in [0.05, 0.1) is 24.6 Å². The van der Waals surface area contributed by atoms with Gasteiger partial charge in [-0.25, -0.2) is 9.59 Å². The van der Waals surface area contributed by atoms with Crippen molar-refractivity contribution in [2.75, 3.05) is 12.9 Å². The number of benzene rings is 1. The van der Waals surface area contributed by atoms with Crippen molar-refractivity contribution in [3.05, 3.63) is 30.5 Å². The minimum atomic E-state index is -3.40. The van der Waals surface area contributed by atoms with Gasteiger partial charge in [0.25, 0.3) is 10.1 Å². The summed E-state index contributed by atoms with van der Waals surface area (Å²) < 4.78 is 39.5. The summed E-state index contributed by atoms with van der Waals surface area (Å²) in [5.74, 6) is 0.681. The molecule has 2 fully saturated rings. The maximum atomic E-state index is 12.0. The van der Waals surface area contributed by atoms with E-state index in [4.69, 9.17) is 13.7 Å². The van der Waals surface area contributed by atoms with Gasteiger partial charge < -0.3 is 20.1 Å². The molecule has 2 amide bonds. The van der Waals surface area contributed by atoms with E-state index in [2.05, 4.69) is 32.5 Å². The Morgan fingerprint density at radius 1 is 0.864 bits per heavy atom. The van der Waals surface area contributed by atoms with Gasteiger partial charge in [-0.3, -0.25) is 8.86 Å². The molecule has 1 aromatic carbocycles. The predicted molar refractivity (Wildman–Crippen MR) is 171 cm³/mol. The number of rotatable bonds is 7. The summed E-state index contributed by atoms with van der Waals surface area (Å²) in [6.07, 6.45) is 10.0. The molecule has 1 aromatic heterocycles.